The number of amides is 2. The van der Waals surface area contributed by atoms with Gasteiger partial charge in [0.2, 0.25) is 0 Å². The van der Waals surface area contributed by atoms with Crippen molar-refractivity contribution in [1.82, 2.24) is 10.6 Å². The molecule has 2 amide bonds. The first-order valence-electron chi connectivity index (χ1n) is 16.7. The maximum atomic E-state index is 13.3. The lowest BCUT2D eigenvalue weighted by atomic mass is 9.67. The maximum absolute atomic E-state index is 13.3. The number of ether oxygens (including phenoxy) is 8. The molecule has 2 N–H and O–H groups in total. The fraction of sp³-hybridized carbons (Fsp3) is 0.541. The standard InChI is InChI=1S/C37H52N2O15/c1-10-27(40)49-20-36(21-50-28(41)11-2,22-51-29(42)12-3)18-48-19-37(23-52-30(43)13-4,24-53-31(44)14-5)25-54-32(45)38-26-15-34(6,7)17-35(8,16-26)39-33(46)47-9/h10-14,26H,1-5,15-25H2,6-9H3,(H,38,45)(H,39,46). The molecule has 300 valence electrons. The minimum atomic E-state index is -1.60. The first-order chi connectivity index (χ1) is 25.3. The van der Waals surface area contributed by atoms with Crippen molar-refractivity contribution in [2.24, 2.45) is 16.2 Å². The average molecular weight is 765 g/mol. The Kier molecular flexibility index (Phi) is 18.9. The fourth-order valence-corrected chi connectivity index (χ4v) is 5.81. The monoisotopic (exact) mass is 764 g/mol. The van der Waals surface area contributed by atoms with Gasteiger partial charge in [0.05, 0.1) is 31.2 Å². The van der Waals surface area contributed by atoms with Crippen LogP contribution in [0.4, 0.5) is 9.59 Å². The van der Waals surface area contributed by atoms with Crippen LogP contribution in [0.15, 0.2) is 63.3 Å². The normalized spacial score (nSPS) is 17.5. The molecular formula is C37H52N2O15. The summed E-state index contributed by atoms with van der Waals surface area (Å²) in [6.07, 6.45) is 4.41. The van der Waals surface area contributed by atoms with Crippen molar-refractivity contribution in [3.05, 3.63) is 63.3 Å². The van der Waals surface area contributed by atoms with Crippen LogP contribution in [0, 0.1) is 16.2 Å². The quantitative estimate of drug-likeness (QED) is 0.0868. The van der Waals surface area contributed by atoms with Gasteiger partial charge in [0.1, 0.15) is 39.6 Å². The Morgan fingerprint density at radius 2 is 0.926 bits per heavy atom. The number of nitrogens with one attached hydrogen (secondary N) is 2. The van der Waals surface area contributed by atoms with Gasteiger partial charge >= 0.3 is 42.0 Å². The minimum absolute atomic E-state index is 0.312. The highest BCUT2D eigenvalue weighted by Crippen LogP contribution is 2.41. The molecule has 17 heteroatoms. The molecule has 2 unspecified atom stereocenters. The minimum Gasteiger partial charge on any atom is -0.462 e. The smallest absolute Gasteiger partial charge is 0.407 e. The number of esters is 5. The van der Waals surface area contributed by atoms with Crippen LogP contribution in [0.25, 0.3) is 0 Å². The molecule has 1 aliphatic rings. The lowest BCUT2D eigenvalue weighted by molar-refractivity contribution is -0.166. The summed E-state index contributed by atoms with van der Waals surface area (Å²) in [5.74, 6) is -4.28. The van der Waals surface area contributed by atoms with E-state index in [1.54, 1.807) is 0 Å². The molecule has 2 atom stereocenters. The molecule has 0 aliphatic heterocycles. The first-order valence-corrected chi connectivity index (χ1v) is 16.7. The van der Waals surface area contributed by atoms with E-state index in [0.717, 1.165) is 30.4 Å². The van der Waals surface area contributed by atoms with E-state index in [4.69, 9.17) is 37.9 Å². The number of carbonyl (C=O) groups excluding carboxylic acids is 7. The van der Waals surface area contributed by atoms with E-state index in [2.05, 4.69) is 43.5 Å². The second kappa shape index (κ2) is 21.9. The Morgan fingerprint density at radius 1 is 0.574 bits per heavy atom. The number of carbonyl (C=O) groups is 7. The van der Waals surface area contributed by atoms with E-state index in [0.29, 0.717) is 19.3 Å². The van der Waals surface area contributed by atoms with Gasteiger partial charge in [-0.25, -0.2) is 33.6 Å². The van der Waals surface area contributed by atoms with Crippen molar-refractivity contribution < 1.29 is 71.5 Å². The predicted molar refractivity (Wildman–Crippen MR) is 191 cm³/mol. The van der Waals surface area contributed by atoms with Crippen LogP contribution in [0.2, 0.25) is 0 Å². The Bertz CT molecular complexity index is 1340. The zero-order valence-corrected chi connectivity index (χ0v) is 31.4. The molecule has 1 aliphatic carbocycles. The van der Waals surface area contributed by atoms with E-state index >= 15 is 0 Å². The number of rotatable bonds is 23. The molecule has 1 saturated carbocycles. The molecule has 0 saturated heterocycles. The second-order valence-corrected chi connectivity index (χ2v) is 13.9. The van der Waals surface area contributed by atoms with E-state index in [1.165, 1.54) is 7.11 Å². The molecule has 1 rings (SSSR count). The van der Waals surface area contributed by atoms with Gasteiger partial charge in [0.25, 0.3) is 0 Å². The molecule has 0 aromatic heterocycles. The van der Waals surface area contributed by atoms with Gasteiger partial charge in [-0.2, -0.15) is 0 Å². The van der Waals surface area contributed by atoms with Crippen molar-refractivity contribution in [2.45, 2.75) is 51.6 Å². The molecule has 0 heterocycles. The zero-order chi connectivity index (χ0) is 41.0. The van der Waals surface area contributed by atoms with E-state index < -0.39 is 117 Å². The highest BCUT2D eigenvalue weighted by molar-refractivity contribution is 5.83. The largest absolute Gasteiger partial charge is 0.462 e. The number of alkyl carbamates (subject to hydrolysis) is 2. The van der Waals surface area contributed by atoms with Crippen molar-refractivity contribution >= 4 is 42.0 Å². The second-order valence-electron chi connectivity index (χ2n) is 13.9. The van der Waals surface area contributed by atoms with Gasteiger partial charge < -0.3 is 48.5 Å². The van der Waals surface area contributed by atoms with Crippen molar-refractivity contribution in [3.63, 3.8) is 0 Å². The number of hydrogen-bond acceptors (Lipinski definition) is 15. The van der Waals surface area contributed by atoms with Crippen LogP contribution in [0.5, 0.6) is 0 Å². The summed E-state index contributed by atoms with van der Waals surface area (Å²) < 4.78 is 42.7. The molecule has 17 nitrogen and oxygen atoms in total. The van der Waals surface area contributed by atoms with Crippen LogP contribution in [-0.2, 0) is 61.9 Å². The van der Waals surface area contributed by atoms with Gasteiger partial charge in [0, 0.05) is 42.0 Å². The summed E-state index contributed by atoms with van der Waals surface area (Å²) in [6, 6.07) is -0.457. The lowest BCUT2D eigenvalue weighted by Crippen LogP contribution is -2.57. The Hall–Kier alpha value is -5.45. The van der Waals surface area contributed by atoms with Crippen LogP contribution in [0.3, 0.4) is 0 Å². The van der Waals surface area contributed by atoms with Gasteiger partial charge in [-0.3, -0.25) is 0 Å². The van der Waals surface area contributed by atoms with E-state index in [-0.39, 0.29) is 5.41 Å². The Morgan fingerprint density at radius 3 is 1.26 bits per heavy atom. The van der Waals surface area contributed by atoms with Crippen LogP contribution in [0.1, 0.15) is 40.0 Å². The third-order valence-electron chi connectivity index (χ3n) is 8.04. The summed E-state index contributed by atoms with van der Waals surface area (Å²) in [7, 11) is 1.25. The third-order valence-corrected chi connectivity index (χ3v) is 8.04. The van der Waals surface area contributed by atoms with Crippen molar-refractivity contribution in [3.8, 4) is 0 Å². The molecule has 0 aromatic rings. The molecule has 54 heavy (non-hydrogen) atoms. The lowest BCUT2D eigenvalue weighted by Gasteiger charge is -2.46. The summed E-state index contributed by atoms with van der Waals surface area (Å²) in [4.78, 5) is 85.9. The number of methoxy groups -OCH3 is 1. The Balaban J connectivity index is 3.45. The Labute approximate surface area is 315 Å². The van der Waals surface area contributed by atoms with E-state index in [9.17, 15) is 33.6 Å². The predicted octanol–water partition coefficient (Wildman–Crippen LogP) is 3.04. The molecule has 0 radical (unpaired) electrons. The fourth-order valence-electron chi connectivity index (χ4n) is 5.81. The van der Waals surface area contributed by atoms with Crippen LogP contribution in [-0.4, -0.2) is 114 Å². The molecule has 1 fully saturated rings. The average Bonchev–Trinajstić information content (AvgIpc) is 3.13. The van der Waals surface area contributed by atoms with Gasteiger partial charge in [0.15, 0.2) is 0 Å². The molecule has 0 bridgehead atoms. The SMILES string of the molecule is C=CC(=O)OCC(COCC(COC(=O)C=C)(COC(=O)C=C)COC(=O)NC1CC(C)(C)CC(C)(NC(=O)OC)C1)(COC(=O)C=C)COC(=O)C=C. The number of hydrogen-bond donors (Lipinski definition) is 2. The maximum Gasteiger partial charge on any atom is 0.407 e. The zero-order valence-electron chi connectivity index (χ0n) is 31.4. The summed E-state index contributed by atoms with van der Waals surface area (Å²) in [6.45, 7) is 18.5. The van der Waals surface area contributed by atoms with Crippen molar-refractivity contribution in [2.75, 3.05) is 60.0 Å². The summed E-state index contributed by atoms with van der Waals surface area (Å²) in [5, 5.41) is 5.65. The van der Waals surface area contributed by atoms with Gasteiger partial charge in [-0.15, -0.1) is 0 Å². The molecular weight excluding hydrogens is 712 g/mol. The van der Waals surface area contributed by atoms with Crippen molar-refractivity contribution in [1.29, 1.82) is 0 Å². The van der Waals surface area contributed by atoms with Gasteiger partial charge in [-0.1, -0.05) is 46.7 Å². The van der Waals surface area contributed by atoms with E-state index in [1.807, 2.05) is 20.8 Å². The highest BCUT2D eigenvalue weighted by atomic mass is 16.6. The summed E-state index contributed by atoms with van der Waals surface area (Å²) in [5.41, 5.74) is -4.18. The first kappa shape index (κ1) is 46.6. The third kappa shape index (κ3) is 16.9. The molecule has 0 aromatic carbocycles. The van der Waals surface area contributed by atoms with Gasteiger partial charge in [-0.05, 0) is 31.6 Å². The highest BCUT2D eigenvalue weighted by Gasteiger charge is 2.44. The van der Waals surface area contributed by atoms with Crippen LogP contribution < -0.4 is 10.6 Å². The van der Waals surface area contributed by atoms with Crippen LogP contribution >= 0.6 is 0 Å². The molecule has 0 spiro atoms. The topological polar surface area (TPSA) is 217 Å². The summed E-state index contributed by atoms with van der Waals surface area (Å²) >= 11 is 0.